The van der Waals surface area contributed by atoms with Crippen LogP contribution in [0.5, 0.6) is 11.5 Å². The fourth-order valence-electron chi connectivity index (χ4n) is 1.72. The average molecular weight is 346 g/mol. The summed E-state index contributed by atoms with van der Waals surface area (Å²) in [5, 5.41) is 3.38. The van der Waals surface area contributed by atoms with Gasteiger partial charge >= 0.3 is 0 Å². The Balaban J connectivity index is 2.81. The molecule has 0 heterocycles. The summed E-state index contributed by atoms with van der Waals surface area (Å²) >= 11 is 3.54. The Morgan fingerprint density at radius 1 is 1.10 bits per heavy atom. The van der Waals surface area contributed by atoms with E-state index < -0.39 is 0 Å². The van der Waals surface area contributed by atoms with Gasteiger partial charge in [0.05, 0.1) is 11.1 Å². The highest BCUT2D eigenvalue weighted by Crippen LogP contribution is 2.37. The van der Waals surface area contributed by atoms with Crippen LogP contribution in [0.25, 0.3) is 0 Å². The van der Waals surface area contributed by atoms with Gasteiger partial charge in [-0.25, -0.2) is 0 Å². The van der Waals surface area contributed by atoms with E-state index in [1.807, 2.05) is 26.0 Å². The van der Waals surface area contributed by atoms with Crippen LogP contribution in [0.15, 0.2) is 16.6 Å². The van der Waals surface area contributed by atoms with Gasteiger partial charge in [-0.15, -0.1) is 0 Å². The molecule has 0 spiro atoms. The standard InChI is InChI=1S/C15H24BrNO3/c1-4-7-17-10-12-8-13(16)15(20-11-18-5-2)14(9-12)19-6-3/h8-9,17H,4-7,10-11H2,1-3H3. The first kappa shape index (κ1) is 17.3. The normalized spacial score (nSPS) is 10.6. The van der Waals surface area contributed by atoms with Crippen LogP contribution in [-0.2, 0) is 11.3 Å². The third-order valence-corrected chi connectivity index (χ3v) is 3.20. The molecule has 20 heavy (non-hydrogen) atoms. The molecule has 0 aliphatic rings. The van der Waals surface area contributed by atoms with Crippen LogP contribution >= 0.6 is 15.9 Å². The van der Waals surface area contributed by atoms with Crippen molar-refractivity contribution in [1.82, 2.24) is 5.32 Å². The van der Waals surface area contributed by atoms with E-state index in [1.165, 1.54) is 0 Å². The van der Waals surface area contributed by atoms with Crippen LogP contribution < -0.4 is 14.8 Å². The summed E-state index contributed by atoms with van der Waals surface area (Å²) in [7, 11) is 0. The first-order chi connectivity index (χ1) is 9.72. The minimum atomic E-state index is 0.225. The Bertz CT molecular complexity index is 399. The number of halogens is 1. The lowest BCUT2D eigenvalue weighted by Gasteiger charge is -2.15. The SMILES string of the molecule is CCCNCc1cc(Br)c(OCOCC)c(OCC)c1. The number of nitrogens with one attached hydrogen (secondary N) is 1. The molecule has 5 heteroatoms. The predicted molar refractivity (Wildman–Crippen MR) is 84.4 cm³/mol. The van der Waals surface area contributed by atoms with Gasteiger partial charge in [0.2, 0.25) is 0 Å². The van der Waals surface area contributed by atoms with Gasteiger partial charge in [-0.3, -0.25) is 0 Å². The van der Waals surface area contributed by atoms with Gasteiger partial charge in [0.25, 0.3) is 0 Å². The molecule has 0 atom stereocenters. The van der Waals surface area contributed by atoms with Gasteiger partial charge in [0, 0.05) is 13.2 Å². The van der Waals surface area contributed by atoms with Crippen LogP contribution in [0.4, 0.5) is 0 Å². The molecule has 0 unspecified atom stereocenters. The third-order valence-electron chi connectivity index (χ3n) is 2.62. The van der Waals surface area contributed by atoms with E-state index in [1.54, 1.807) is 0 Å². The molecule has 1 rings (SSSR count). The molecular formula is C15H24BrNO3. The zero-order valence-corrected chi connectivity index (χ0v) is 14.1. The van der Waals surface area contributed by atoms with Crippen LogP contribution in [-0.4, -0.2) is 26.6 Å². The van der Waals surface area contributed by atoms with Crippen molar-refractivity contribution in [3.05, 3.63) is 22.2 Å². The Morgan fingerprint density at radius 3 is 2.55 bits per heavy atom. The Kier molecular flexibility index (Phi) is 8.65. The van der Waals surface area contributed by atoms with Gasteiger partial charge < -0.3 is 19.5 Å². The van der Waals surface area contributed by atoms with Crippen LogP contribution in [0, 0.1) is 0 Å². The van der Waals surface area contributed by atoms with E-state index in [-0.39, 0.29) is 6.79 Å². The summed E-state index contributed by atoms with van der Waals surface area (Å²) in [6.45, 7) is 9.32. The molecule has 1 N–H and O–H groups in total. The highest BCUT2D eigenvalue weighted by atomic mass is 79.9. The van der Waals surface area contributed by atoms with Gasteiger partial charge in [0.1, 0.15) is 0 Å². The maximum Gasteiger partial charge on any atom is 0.189 e. The lowest BCUT2D eigenvalue weighted by atomic mass is 10.2. The van der Waals surface area contributed by atoms with Crippen molar-refractivity contribution in [3.63, 3.8) is 0 Å². The molecule has 0 fully saturated rings. The van der Waals surface area contributed by atoms with Crippen LogP contribution in [0.1, 0.15) is 32.8 Å². The van der Waals surface area contributed by atoms with E-state index in [0.29, 0.717) is 19.0 Å². The molecule has 0 amide bonds. The molecule has 0 saturated heterocycles. The Labute approximate surface area is 129 Å². The Morgan fingerprint density at radius 2 is 1.90 bits per heavy atom. The van der Waals surface area contributed by atoms with Gasteiger partial charge in [-0.05, 0) is 60.4 Å². The monoisotopic (exact) mass is 345 g/mol. The van der Waals surface area contributed by atoms with Crippen molar-refractivity contribution < 1.29 is 14.2 Å². The van der Waals surface area contributed by atoms with Crippen LogP contribution in [0.3, 0.4) is 0 Å². The molecule has 1 aromatic carbocycles. The maximum atomic E-state index is 5.66. The molecule has 0 bridgehead atoms. The second-order valence-corrected chi connectivity index (χ2v) is 5.12. The predicted octanol–water partition coefficient (Wildman–Crippen LogP) is 3.72. The zero-order chi connectivity index (χ0) is 14.8. The second-order valence-electron chi connectivity index (χ2n) is 4.27. The lowest BCUT2D eigenvalue weighted by Crippen LogP contribution is -2.14. The second kappa shape index (κ2) is 10.0. The number of rotatable bonds is 10. The van der Waals surface area contributed by atoms with E-state index in [4.69, 9.17) is 14.2 Å². The smallest absolute Gasteiger partial charge is 0.189 e. The molecular weight excluding hydrogens is 322 g/mol. The first-order valence-corrected chi connectivity index (χ1v) is 7.88. The van der Waals surface area contributed by atoms with E-state index in [0.717, 1.165) is 35.3 Å². The summed E-state index contributed by atoms with van der Waals surface area (Å²) in [6, 6.07) is 4.06. The minimum Gasteiger partial charge on any atom is -0.490 e. The number of hydrogen-bond acceptors (Lipinski definition) is 4. The van der Waals surface area contributed by atoms with Crippen LogP contribution in [0.2, 0.25) is 0 Å². The van der Waals surface area contributed by atoms with Crippen molar-refractivity contribution in [2.45, 2.75) is 33.7 Å². The quantitative estimate of drug-likeness (QED) is 0.518. The maximum absolute atomic E-state index is 5.66. The summed E-state index contributed by atoms with van der Waals surface area (Å²) < 4.78 is 17.4. The van der Waals surface area contributed by atoms with Gasteiger partial charge in [-0.1, -0.05) is 6.92 Å². The molecule has 0 aromatic heterocycles. The number of hydrogen-bond donors (Lipinski definition) is 1. The van der Waals surface area contributed by atoms with Gasteiger partial charge in [0.15, 0.2) is 18.3 Å². The van der Waals surface area contributed by atoms with E-state index >= 15 is 0 Å². The highest BCUT2D eigenvalue weighted by molar-refractivity contribution is 9.10. The largest absolute Gasteiger partial charge is 0.490 e. The Hall–Kier alpha value is -0.780. The number of benzene rings is 1. The lowest BCUT2D eigenvalue weighted by molar-refractivity contribution is 0.0201. The summed E-state index contributed by atoms with van der Waals surface area (Å²) in [5.74, 6) is 1.44. The van der Waals surface area contributed by atoms with E-state index in [2.05, 4.69) is 28.2 Å². The zero-order valence-electron chi connectivity index (χ0n) is 12.5. The fourth-order valence-corrected chi connectivity index (χ4v) is 2.32. The van der Waals surface area contributed by atoms with E-state index in [9.17, 15) is 0 Å². The van der Waals surface area contributed by atoms with Crippen molar-refractivity contribution in [1.29, 1.82) is 0 Å². The molecule has 0 saturated carbocycles. The topological polar surface area (TPSA) is 39.7 Å². The van der Waals surface area contributed by atoms with Crippen molar-refractivity contribution >= 4 is 15.9 Å². The minimum absolute atomic E-state index is 0.225. The summed E-state index contributed by atoms with van der Waals surface area (Å²) in [5.41, 5.74) is 1.16. The molecule has 114 valence electrons. The summed E-state index contributed by atoms with van der Waals surface area (Å²) in [6.07, 6.45) is 1.12. The third kappa shape index (κ3) is 5.69. The molecule has 0 radical (unpaired) electrons. The average Bonchev–Trinajstić information content (AvgIpc) is 2.42. The molecule has 1 aromatic rings. The van der Waals surface area contributed by atoms with Gasteiger partial charge in [-0.2, -0.15) is 0 Å². The molecule has 0 aliphatic heterocycles. The van der Waals surface area contributed by atoms with Crippen molar-refractivity contribution in [2.24, 2.45) is 0 Å². The molecule has 0 aliphatic carbocycles. The van der Waals surface area contributed by atoms with Crippen molar-refractivity contribution in [2.75, 3.05) is 26.6 Å². The first-order valence-electron chi connectivity index (χ1n) is 7.09. The fraction of sp³-hybridized carbons (Fsp3) is 0.600. The highest BCUT2D eigenvalue weighted by Gasteiger charge is 2.12. The number of ether oxygens (including phenoxy) is 3. The summed E-state index contributed by atoms with van der Waals surface area (Å²) in [4.78, 5) is 0. The molecule has 4 nitrogen and oxygen atoms in total. The van der Waals surface area contributed by atoms with Crippen molar-refractivity contribution in [3.8, 4) is 11.5 Å².